The number of likely N-dealkylation sites (tertiary alicyclic amines) is 1. The molecule has 12 heteroatoms. The number of aromatic hydroxyl groups is 1. The number of hydrogen-bond acceptors (Lipinski definition) is 7. The summed E-state index contributed by atoms with van der Waals surface area (Å²) in [4.78, 5) is 58.1. The van der Waals surface area contributed by atoms with Crippen molar-refractivity contribution in [1.82, 2.24) is 9.88 Å². The van der Waals surface area contributed by atoms with E-state index in [0.29, 0.717) is 33.8 Å². The van der Waals surface area contributed by atoms with Crippen LogP contribution in [0.2, 0.25) is 5.02 Å². The van der Waals surface area contributed by atoms with E-state index in [4.69, 9.17) is 39.2 Å². The van der Waals surface area contributed by atoms with E-state index in [2.05, 4.69) is 4.98 Å². The third-order valence-electron chi connectivity index (χ3n) is 9.98. The lowest BCUT2D eigenvalue weighted by molar-refractivity contribution is -0.138. The van der Waals surface area contributed by atoms with E-state index >= 15 is 0 Å². The lowest BCUT2D eigenvalue weighted by atomic mass is 9.56. The molecule has 1 aromatic heterocycles. The molecular formula is C34H24Cl3N3O6. The molecule has 6 atom stereocenters. The summed E-state index contributed by atoms with van der Waals surface area (Å²) in [5, 5.41) is 11.3. The van der Waals surface area contributed by atoms with Crippen LogP contribution in [0.4, 0.5) is 5.69 Å². The number of carbonyl (C=O) groups is 4. The van der Waals surface area contributed by atoms with Crippen LogP contribution in [0.15, 0.2) is 82.8 Å². The van der Waals surface area contributed by atoms with E-state index in [9.17, 15) is 24.3 Å². The first kappa shape index (κ1) is 29.2. The van der Waals surface area contributed by atoms with Gasteiger partial charge in [-0.1, -0.05) is 35.4 Å². The van der Waals surface area contributed by atoms with Gasteiger partial charge in [-0.2, -0.15) is 0 Å². The molecule has 0 spiro atoms. The van der Waals surface area contributed by atoms with E-state index < -0.39 is 51.1 Å². The second-order valence-electron chi connectivity index (χ2n) is 12.2. The summed E-state index contributed by atoms with van der Waals surface area (Å²) in [6.45, 7) is 0. The van der Waals surface area contributed by atoms with Crippen LogP contribution in [-0.4, -0.2) is 55.4 Å². The molecule has 2 aliphatic carbocycles. The minimum absolute atomic E-state index is 0.151. The molecule has 4 amide bonds. The second-order valence-corrected chi connectivity index (χ2v) is 13.9. The number of amides is 4. The molecule has 2 aliphatic heterocycles. The zero-order valence-electron chi connectivity index (χ0n) is 24.1. The highest BCUT2D eigenvalue weighted by molar-refractivity contribution is 6.53. The Labute approximate surface area is 277 Å². The molecule has 0 unspecified atom stereocenters. The molecule has 2 saturated heterocycles. The molecule has 3 aromatic carbocycles. The van der Waals surface area contributed by atoms with Crippen molar-refractivity contribution in [3.63, 3.8) is 0 Å². The third-order valence-corrected chi connectivity index (χ3v) is 11.6. The zero-order valence-corrected chi connectivity index (χ0v) is 26.4. The number of phenols is 1. The standard InChI is InChI=1S/C34H24Cl3N3O6/c1-39-31(44)33(36)15-22-19(27(34(33,37)32(39)45)21-14-17(35)8-13-24(21)41)11-12-20-26(22)30(43)40(29(20)42)18-9-6-16(7-10-18)28-38-23-4-2-3-5-25(23)46-28/h2-11,13-14,20,22,26-27,41H,12,15H2,1H3/t20-,22+,26-,27+,33+,34-/m0/s1. The van der Waals surface area contributed by atoms with E-state index in [-0.39, 0.29) is 35.1 Å². The van der Waals surface area contributed by atoms with Gasteiger partial charge in [-0.15, -0.1) is 23.2 Å². The lowest BCUT2D eigenvalue weighted by Crippen LogP contribution is -2.60. The van der Waals surface area contributed by atoms with Crippen molar-refractivity contribution >= 4 is 75.2 Å². The molecule has 8 rings (SSSR count). The van der Waals surface area contributed by atoms with Gasteiger partial charge in [-0.3, -0.25) is 29.0 Å². The number of imide groups is 2. The molecule has 0 radical (unpaired) electrons. The van der Waals surface area contributed by atoms with Crippen molar-refractivity contribution in [1.29, 1.82) is 0 Å². The highest BCUT2D eigenvalue weighted by atomic mass is 35.5. The van der Waals surface area contributed by atoms with Crippen molar-refractivity contribution < 1.29 is 28.7 Å². The second kappa shape index (κ2) is 9.91. The van der Waals surface area contributed by atoms with Gasteiger partial charge >= 0.3 is 0 Å². The van der Waals surface area contributed by atoms with Gasteiger partial charge in [0.25, 0.3) is 11.8 Å². The number of allylic oxidation sites excluding steroid dienone is 2. The Morgan fingerprint density at radius 3 is 2.41 bits per heavy atom. The first-order chi connectivity index (χ1) is 22.0. The summed E-state index contributed by atoms with van der Waals surface area (Å²) in [5.74, 6) is -5.45. The maximum atomic E-state index is 14.3. The highest BCUT2D eigenvalue weighted by Gasteiger charge is 2.76. The fourth-order valence-electron chi connectivity index (χ4n) is 7.85. The number of nitrogens with zero attached hydrogens (tertiary/aromatic N) is 3. The predicted molar refractivity (Wildman–Crippen MR) is 171 cm³/mol. The van der Waals surface area contributed by atoms with Crippen molar-refractivity contribution in [3.05, 3.63) is 89.0 Å². The third kappa shape index (κ3) is 3.73. The van der Waals surface area contributed by atoms with Crippen molar-refractivity contribution in [2.24, 2.45) is 17.8 Å². The number of rotatable bonds is 3. The van der Waals surface area contributed by atoms with Crippen molar-refractivity contribution in [2.75, 3.05) is 11.9 Å². The van der Waals surface area contributed by atoms with Crippen LogP contribution in [-0.2, 0) is 19.2 Å². The molecule has 4 aromatic rings. The fourth-order valence-corrected chi connectivity index (χ4v) is 9.04. The van der Waals surface area contributed by atoms with E-state index in [1.807, 2.05) is 24.3 Å². The van der Waals surface area contributed by atoms with Crippen LogP contribution in [0.25, 0.3) is 22.6 Å². The topological polar surface area (TPSA) is 121 Å². The van der Waals surface area contributed by atoms with Crippen molar-refractivity contribution in [2.45, 2.75) is 28.5 Å². The fraction of sp³-hybridized carbons (Fsp3) is 0.265. The number of benzene rings is 3. The van der Waals surface area contributed by atoms with Crippen LogP contribution in [0.1, 0.15) is 24.3 Å². The molecule has 1 saturated carbocycles. The molecule has 4 aliphatic rings. The molecule has 3 fully saturated rings. The normalized spacial score (nSPS) is 30.5. The Bertz CT molecular complexity index is 2030. The lowest BCUT2D eigenvalue weighted by Gasteiger charge is -2.50. The van der Waals surface area contributed by atoms with E-state index in [1.165, 1.54) is 30.1 Å². The first-order valence-electron chi connectivity index (χ1n) is 14.7. The molecule has 0 bridgehead atoms. The summed E-state index contributed by atoms with van der Waals surface area (Å²) >= 11 is 20.7. The number of aromatic nitrogens is 1. The van der Waals surface area contributed by atoms with Crippen LogP contribution in [0, 0.1) is 17.8 Å². The Morgan fingerprint density at radius 2 is 1.67 bits per heavy atom. The summed E-state index contributed by atoms with van der Waals surface area (Å²) in [5.41, 5.74) is 3.18. The summed E-state index contributed by atoms with van der Waals surface area (Å²) in [6, 6.07) is 18.5. The average Bonchev–Trinajstić information content (AvgIpc) is 3.63. The minimum atomic E-state index is -2.01. The minimum Gasteiger partial charge on any atom is -0.508 e. The number of phenolic OH excluding ortho intramolecular Hbond substituents is 1. The summed E-state index contributed by atoms with van der Waals surface area (Å²) in [7, 11) is 1.31. The van der Waals surface area contributed by atoms with E-state index in [0.717, 1.165) is 4.90 Å². The van der Waals surface area contributed by atoms with Gasteiger partial charge in [0.2, 0.25) is 17.7 Å². The Kier molecular flexibility index (Phi) is 6.30. The van der Waals surface area contributed by atoms with Crippen molar-refractivity contribution in [3.8, 4) is 17.2 Å². The van der Waals surface area contributed by atoms with Crippen LogP contribution in [0.5, 0.6) is 5.75 Å². The van der Waals surface area contributed by atoms with Gasteiger partial charge in [0, 0.05) is 29.1 Å². The Balaban J connectivity index is 1.19. The number of oxazole rings is 1. The van der Waals surface area contributed by atoms with Crippen LogP contribution >= 0.6 is 34.8 Å². The van der Waals surface area contributed by atoms with Gasteiger partial charge in [0.05, 0.1) is 17.5 Å². The molecule has 46 heavy (non-hydrogen) atoms. The highest BCUT2D eigenvalue weighted by Crippen LogP contribution is 2.66. The monoisotopic (exact) mass is 675 g/mol. The van der Waals surface area contributed by atoms with Gasteiger partial charge in [-0.05, 0) is 73.4 Å². The number of fused-ring (bicyclic) bond motifs is 5. The number of para-hydroxylation sites is 2. The van der Waals surface area contributed by atoms with Gasteiger partial charge in [-0.25, -0.2) is 4.98 Å². The first-order valence-corrected chi connectivity index (χ1v) is 15.8. The average molecular weight is 677 g/mol. The van der Waals surface area contributed by atoms with Gasteiger partial charge in [0.15, 0.2) is 15.3 Å². The Hall–Kier alpha value is -4.18. The maximum absolute atomic E-state index is 14.3. The smallest absolute Gasteiger partial charge is 0.253 e. The zero-order chi connectivity index (χ0) is 32.3. The van der Waals surface area contributed by atoms with Crippen LogP contribution in [0.3, 0.4) is 0 Å². The Morgan fingerprint density at radius 1 is 0.935 bits per heavy atom. The van der Waals surface area contributed by atoms with Gasteiger partial charge < -0.3 is 9.52 Å². The maximum Gasteiger partial charge on any atom is 0.253 e. The van der Waals surface area contributed by atoms with Crippen LogP contribution < -0.4 is 4.90 Å². The number of alkyl halides is 2. The number of halogens is 3. The number of hydrogen-bond donors (Lipinski definition) is 1. The number of carbonyl (C=O) groups excluding carboxylic acids is 4. The predicted octanol–water partition coefficient (Wildman–Crippen LogP) is 6.05. The SMILES string of the molecule is CN1C(=O)[C@]2(Cl)C[C@@H]3C(=CC[C@@H]4C(=O)N(c5ccc(-c6nc7ccccc7o6)cc5)C(=O)[C@@H]43)[C@H](c3cc(Cl)ccc3O)[C@]2(Cl)C1=O. The molecule has 1 N–H and O–H groups in total. The number of anilines is 1. The van der Waals surface area contributed by atoms with E-state index in [1.54, 1.807) is 30.3 Å². The molecule has 9 nitrogen and oxygen atoms in total. The largest absolute Gasteiger partial charge is 0.508 e. The summed E-state index contributed by atoms with van der Waals surface area (Å²) < 4.78 is 5.87. The molecule has 232 valence electrons. The molecular weight excluding hydrogens is 653 g/mol. The van der Waals surface area contributed by atoms with Gasteiger partial charge in [0.1, 0.15) is 11.3 Å². The quantitative estimate of drug-likeness (QED) is 0.159. The molecule has 3 heterocycles. The summed E-state index contributed by atoms with van der Waals surface area (Å²) in [6.07, 6.45) is 1.84.